The Morgan fingerprint density at radius 3 is 2.89 bits per heavy atom. The first-order valence-corrected chi connectivity index (χ1v) is 6.36. The van der Waals surface area contributed by atoms with Gasteiger partial charge < -0.3 is 15.8 Å². The molecule has 0 spiro atoms. The van der Waals surface area contributed by atoms with Crippen molar-refractivity contribution in [3.63, 3.8) is 0 Å². The van der Waals surface area contributed by atoms with Gasteiger partial charge in [0, 0.05) is 18.8 Å². The topological polar surface area (TPSA) is 64.3 Å². The van der Waals surface area contributed by atoms with E-state index < -0.39 is 0 Å². The van der Waals surface area contributed by atoms with Crippen LogP contribution >= 0.6 is 11.6 Å². The highest BCUT2D eigenvalue weighted by Crippen LogP contribution is 2.23. The number of amides is 1. The minimum Gasteiger partial charge on any atom is -0.399 e. The second-order valence-electron chi connectivity index (χ2n) is 4.58. The summed E-state index contributed by atoms with van der Waals surface area (Å²) in [7, 11) is 1.70. The number of nitrogens with two attached hydrogens (primary N) is 1. The number of carbonyl (C=O) groups is 1. The predicted molar refractivity (Wildman–Crippen MR) is 71.8 cm³/mol. The smallest absolute Gasteiger partial charge is 0.253 e. The number of hydrogen-bond donors (Lipinski definition) is 2. The summed E-state index contributed by atoms with van der Waals surface area (Å²) in [5.74, 6) is -0.151. The number of ether oxygens (including phenoxy) is 1. The molecular formula is C13H17ClN2O2. The number of hydrogen-bond acceptors (Lipinski definition) is 3. The van der Waals surface area contributed by atoms with E-state index in [2.05, 4.69) is 5.32 Å². The number of nitrogens with one attached hydrogen (secondary N) is 1. The SMILES string of the molecule is COC1CCC(NC(=O)c2ccc(N)cc2Cl)C1. The van der Waals surface area contributed by atoms with Crippen molar-refractivity contribution in [2.75, 3.05) is 12.8 Å². The lowest BCUT2D eigenvalue weighted by molar-refractivity contribution is 0.0915. The first kappa shape index (κ1) is 13.2. The molecule has 0 aliphatic heterocycles. The molecule has 18 heavy (non-hydrogen) atoms. The summed E-state index contributed by atoms with van der Waals surface area (Å²) in [6.07, 6.45) is 3.03. The van der Waals surface area contributed by atoms with E-state index in [-0.39, 0.29) is 18.1 Å². The summed E-state index contributed by atoms with van der Waals surface area (Å²) in [6.45, 7) is 0. The van der Waals surface area contributed by atoms with Crippen LogP contribution < -0.4 is 11.1 Å². The Morgan fingerprint density at radius 1 is 1.50 bits per heavy atom. The van der Waals surface area contributed by atoms with E-state index in [1.165, 1.54) is 0 Å². The number of anilines is 1. The normalized spacial score (nSPS) is 23.0. The van der Waals surface area contributed by atoms with E-state index in [0.29, 0.717) is 16.3 Å². The van der Waals surface area contributed by atoms with Crippen molar-refractivity contribution in [3.05, 3.63) is 28.8 Å². The van der Waals surface area contributed by atoms with Gasteiger partial charge in [0.25, 0.3) is 5.91 Å². The maximum absolute atomic E-state index is 12.1. The van der Waals surface area contributed by atoms with Crippen molar-refractivity contribution in [1.29, 1.82) is 0 Å². The third kappa shape index (κ3) is 2.94. The van der Waals surface area contributed by atoms with Gasteiger partial charge in [0.1, 0.15) is 0 Å². The van der Waals surface area contributed by atoms with Crippen molar-refractivity contribution in [1.82, 2.24) is 5.32 Å². The highest BCUT2D eigenvalue weighted by Gasteiger charge is 2.26. The number of nitrogen functional groups attached to an aromatic ring is 1. The summed E-state index contributed by atoms with van der Waals surface area (Å²) in [4.78, 5) is 12.1. The van der Waals surface area contributed by atoms with Crippen LogP contribution in [-0.2, 0) is 4.74 Å². The molecule has 3 N–H and O–H groups in total. The molecule has 0 heterocycles. The Bertz CT molecular complexity index is 451. The molecule has 4 nitrogen and oxygen atoms in total. The zero-order valence-corrected chi connectivity index (χ0v) is 11.0. The van der Waals surface area contributed by atoms with Crippen molar-refractivity contribution in [2.24, 2.45) is 0 Å². The Morgan fingerprint density at radius 2 is 2.28 bits per heavy atom. The number of rotatable bonds is 3. The number of benzene rings is 1. The average Bonchev–Trinajstić information content (AvgIpc) is 2.76. The lowest BCUT2D eigenvalue weighted by Crippen LogP contribution is -2.33. The molecule has 1 amide bonds. The maximum Gasteiger partial charge on any atom is 0.253 e. The quantitative estimate of drug-likeness (QED) is 0.826. The number of carbonyl (C=O) groups excluding carboxylic acids is 1. The molecule has 1 aliphatic rings. The van der Waals surface area contributed by atoms with Gasteiger partial charge in [0.2, 0.25) is 0 Å². The molecule has 0 aromatic heterocycles. The molecule has 1 aromatic rings. The van der Waals surface area contributed by atoms with E-state index >= 15 is 0 Å². The van der Waals surface area contributed by atoms with Crippen LogP contribution in [0, 0.1) is 0 Å². The van der Waals surface area contributed by atoms with Crippen LogP contribution in [0.2, 0.25) is 5.02 Å². The summed E-state index contributed by atoms with van der Waals surface area (Å²) >= 11 is 6.00. The van der Waals surface area contributed by atoms with Gasteiger partial charge in [-0.15, -0.1) is 0 Å². The molecule has 2 unspecified atom stereocenters. The van der Waals surface area contributed by atoms with E-state index in [4.69, 9.17) is 22.1 Å². The third-order valence-electron chi connectivity index (χ3n) is 3.29. The summed E-state index contributed by atoms with van der Waals surface area (Å²) < 4.78 is 5.27. The molecule has 1 aromatic carbocycles. The molecule has 5 heteroatoms. The minimum atomic E-state index is -0.151. The van der Waals surface area contributed by atoms with Crippen LogP contribution in [0.25, 0.3) is 0 Å². The summed E-state index contributed by atoms with van der Waals surface area (Å²) in [6, 6.07) is 5.07. The largest absolute Gasteiger partial charge is 0.399 e. The molecule has 0 radical (unpaired) electrons. The predicted octanol–water partition coefficient (Wildman–Crippen LogP) is 2.22. The highest BCUT2D eigenvalue weighted by atomic mass is 35.5. The van der Waals surface area contributed by atoms with Crippen LogP contribution in [0.5, 0.6) is 0 Å². The van der Waals surface area contributed by atoms with Crippen LogP contribution in [0.3, 0.4) is 0 Å². The van der Waals surface area contributed by atoms with Crippen LogP contribution in [0.4, 0.5) is 5.69 Å². The Balaban J connectivity index is 2.00. The van der Waals surface area contributed by atoms with Crippen LogP contribution in [0.15, 0.2) is 18.2 Å². The van der Waals surface area contributed by atoms with E-state index in [1.807, 2.05) is 0 Å². The van der Waals surface area contributed by atoms with Gasteiger partial charge in [-0.3, -0.25) is 4.79 Å². The standard InChI is InChI=1S/C13H17ClN2O2/c1-18-10-4-3-9(7-10)16-13(17)11-5-2-8(15)6-12(11)14/h2,5-6,9-10H,3-4,7,15H2,1H3,(H,16,17). The highest BCUT2D eigenvalue weighted by molar-refractivity contribution is 6.34. The van der Waals surface area contributed by atoms with Crippen molar-refractivity contribution in [3.8, 4) is 0 Å². The third-order valence-corrected chi connectivity index (χ3v) is 3.60. The van der Waals surface area contributed by atoms with E-state index in [0.717, 1.165) is 19.3 Å². The van der Waals surface area contributed by atoms with Crippen molar-refractivity contribution in [2.45, 2.75) is 31.4 Å². The molecule has 0 saturated heterocycles. The van der Waals surface area contributed by atoms with Crippen LogP contribution in [0.1, 0.15) is 29.6 Å². The van der Waals surface area contributed by atoms with Crippen molar-refractivity contribution < 1.29 is 9.53 Å². The fraction of sp³-hybridized carbons (Fsp3) is 0.462. The minimum absolute atomic E-state index is 0.151. The summed E-state index contributed by atoms with van der Waals surface area (Å²) in [5.41, 5.74) is 6.61. The fourth-order valence-corrected chi connectivity index (χ4v) is 2.54. The molecule has 1 aliphatic carbocycles. The maximum atomic E-state index is 12.1. The molecule has 98 valence electrons. The zero-order valence-electron chi connectivity index (χ0n) is 10.3. The second-order valence-corrected chi connectivity index (χ2v) is 4.99. The van der Waals surface area contributed by atoms with Gasteiger partial charge in [-0.25, -0.2) is 0 Å². The molecule has 2 rings (SSSR count). The van der Waals surface area contributed by atoms with E-state index in [9.17, 15) is 4.79 Å². The first-order valence-electron chi connectivity index (χ1n) is 5.99. The second kappa shape index (κ2) is 5.59. The fourth-order valence-electron chi connectivity index (χ4n) is 2.26. The van der Waals surface area contributed by atoms with Crippen LogP contribution in [-0.4, -0.2) is 25.2 Å². The molecule has 1 fully saturated rings. The average molecular weight is 269 g/mol. The first-order chi connectivity index (χ1) is 8.60. The molecule has 0 bridgehead atoms. The van der Waals surface area contributed by atoms with Gasteiger partial charge >= 0.3 is 0 Å². The monoisotopic (exact) mass is 268 g/mol. The van der Waals surface area contributed by atoms with Gasteiger partial charge in [0.05, 0.1) is 16.7 Å². The van der Waals surface area contributed by atoms with E-state index in [1.54, 1.807) is 25.3 Å². The Hall–Kier alpha value is -1.26. The lowest BCUT2D eigenvalue weighted by Gasteiger charge is -2.13. The molecular weight excluding hydrogens is 252 g/mol. The Kier molecular flexibility index (Phi) is 4.09. The summed E-state index contributed by atoms with van der Waals surface area (Å²) in [5, 5.41) is 3.36. The Labute approximate surface area is 111 Å². The van der Waals surface area contributed by atoms with Gasteiger partial charge in [-0.1, -0.05) is 11.6 Å². The number of halogens is 1. The zero-order chi connectivity index (χ0) is 13.1. The number of methoxy groups -OCH3 is 1. The van der Waals surface area contributed by atoms with Gasteiger partial charge in [-0.05, 0) is 37.5 Å². The van der Waals surface area contributed by atoms with Gasteiger partial charge in [0.15, 0.2) is 0 Å². The molecule has 2 atom stereocenters. The lowest BCUT2D eigenvalue weighted by atomic mass is 10.1. The molecule has 1 saturated carbocycles. The van der Waals surface area contributed by atoms with Gasteiger partial charge in [-0.2, -0.15) is 0 Å². The van der Waals surface area contributed by atoms with Crippen molar-refractivity contribution >= 4 is 23.2 Å².